The van der Waals surface area contributed by atoms with Gasteiger partial charge in [-0.2, -0.15) is 0 Å². The van der Waals surface area contributed by atoms with Gasteiger partial charge >= 0.3 is 0 Å². The van der Waals surface area contributed by atoms with Crippen LogP contribution in [0.15, 0.2) is 48.5 Å². The van der Waals surface area contributed by atoms with Crippen molar-refractivity contribution < 1.29 is 9.18 Å². The molecule has 1 N–H and O–H groups in total. The number of aromatic nitrogens is 1. The number of benzene rings is 2. The highest BCUT2D eigenvalue weighted by Crippen LogP contribution is 2.26. The van der Waals surface area contributed by atoms with Gasteiger partial charge in [-0.1, -0.05) is 25.5 Å². The minimum atomic E-state index is -0.295. The van der Waals surface area contributed by atoms with Crippen LogP contribution in [0, 0.1) is 12.7 Å². The van der Waals surface area contributed by atoms with Crippen LogP contribution in [0.25, 0.3) is 22.2 Å². The average molecular weight is 422 g/mol. The van der Waals surface area contributed by atoms with Gasteiger partial charge in [0.15, 0.2) is 0 Å². The zero-order valence-corrected chi connectivity index (χ0v) is 18.9. The van der Waals surface area contributed by atoms with Crippen LogP contribution in [0.5, 0.6) is 0 Å². The van der Waals surface area contributed by atoms with E-state index in [1.165, 1.54) is 12.1 Å². The zero-order chi connectivity index (χ0) is 22.4. The molecule has 1 heterocycles. The lowest BCUT2D eigenvalue weighted by molar-refractivity contribution is 0.0939. The Morgan fingerprint density at radius 2 is 1.81 bits per heavy atom. The van der Waals surface area contributed by atoms with Crippen LogP contribution in [-0.4, -0.2) is 41.5 Å². The molecule has 164 valence electrons. The summed E-state index contributed by atoms with van der Waals surface area (Å²) in [6.07, 6.45) is 1.97. The van der Waals surface area contributed by atoms with Crippen molar-refractivity contribution in [2.24, 2.45) is 0 Å². The summed E-state index contributed by atoms with van der Waals surface area (Å²) in [5.74, 6) is -0.395. The maximum Gasteiger partial charge on any atom is 0.252 e. The molecular formula is C26H32FN3O. The van der Waals surface area contributed by atoms with Crippen LogP contribution in [0.2, 0.25) is 0 Å². The number of rotatable bonds is 9. The largest absolute Gasteiger partial charge is 0.350 e. The van der Waals surface area contributed by atoms with Crippen molar-refractivity contribution in [3.05, 3.63) is 65.5 Å². The third-order valence-corrected chi connectivity index (χ3v) is 5.73. The molecule has 0 fully saturated rings. The number of nitrogens with one attached hydrogen (secondary N) is 1. The lowest BCUT2D eigenvalue weighted by Crippen LogP contribution is -2.34. The smallest absolute Gasteiger partial charge is 0.252 e. The summed E-state index contributed by atoms with van der Waals surface area (Å²) in [6, 6.07) is 14.0. The molecule has 1 aromatic heterocycles. The molecule has 0 spiro atoms. The van der Waals surface area contributed by atoms with E-state index in [1.807, 2.05) is 31.2 Å². The van der Waals surface area contributed by atoms with Crippen molar-refractivity contribution >= 4 is 16.8 Å². The van der Waals surface area contributed by atoms with Crippen molar-refractivity contribution in [1.29, 1.82) is 0 Å². The number of amides is 1. The van der Waals surface area contributed by atoms with Crippen LogP contribution in [0.4, 0.5) is 4.39 Å². The second-order valence-corrected chi connectivity index (χ2v) is 8.13. The van der Waals surface area contributed by atoms with Crippen LogP contribution < -0.4 is 5.32 Å². The van der Waals surface area contributed by atoms with Crippen LogP contribution in [-0.2, 0) is 0 Å². The van der Waals surface area contributed by atoms with Gasteiger partial charge in [0.25, 0.3) is 5.91 Å². The fourth-order valence-electron chi connectivity index (χ4n) is 3.83. The number of carbonyl (C=O) groups excluding carboxylic acids is 1. The van der Waals surface area contributed by atoms with Gasteiger partial charge in [0.2, 0.25) is 0 Å². The SMILES string of the molecule is CCN(CC)CCC[C@H](C)NC(=O)c1cc(-c2ccc(F)cc2)nc2ccc(C)cc12. The molecule has 31 heavy (non-hydrogen) atoms. The summed E-state index contributed by atoms with van der Waals surface area (Å²) < 4.78 is 13.4. The number of aryl methyl sites for hydroxylation is 1. The van der Waals surface area contributed by atoms with E-state index in [0.29, 0.717) is 11.3 Å². The Bertz CT molecular complexity index is 1030. The number of nitrogens with zero attached hydrogens (tertiary/aromatic N) is 2. The van der Waals surface area contributed by atoms with Gasteiger partial charge in [0.1, 0.15) is 5.82 Å². The van der Waals surface area contributed by atoms with Crippen LogP contribution in [0.1, 0.15) is 49.5 Å². The quantitative estimate of drug-likeness (QED) is 0.490. The van der Waals surface area contributed by atoms with Crippen molar-refractivity contribution in [2.75, 3.05) is 19.6 Å². The van der Waals surface area contributed by atoms with Crippen LogP contribution in [0.3, 0.4) is 0 Å². The number of hydrogen-bond donors (Lipinski definition) is 1. The monoisotopic (exact) mass is 421 g/mol. The van der Waals surface area contributed by atoms with E-state index in [1.54, 1.807) is 12.1 Å². The molecule has 2 aromatic carbocycles. The van der Waals surface area contributed by atoms with E-state index < -0.39 is 0 Å². The summed E-state index contributed by atoms with van der Waals surface area (Å²) >= 11 is 0. The fourth-order valence-corrected chi connectivity index (χ4v) is 3.83. The Labute approximate surface area is 184 Å². The molecule has 1 amide bonds. The lowest BCUT2D eigenvalue weighted by Gasteiger charge is -2.20. The second kappa shape index (κ2) is 10.5. The summed E-state index contributed by atoms with van der Waals surface area (Å²) in [7, 11) is 0. The Balaban J connectivity index is 1.84. The molecule has 3 rings (SSSR count). The maximum atomic E-state index is 13.4. The molecule has 0 saturated carbocycles. The van der Waals surface area contributed by atoms with E-state index in [4.69, 9.17) is 4.98 Å². The molecule has 4 nitrogen and oxygen atoms in total. The molecule has 0 aliphatic carbocycles. The average Bonchev–Trinajstić information content (AvgIpc) is 2.76. The second-order valence-electron chi connectivity index (χ2n) is 8.13. The first-order valence-corrected chi connectivity index (χ1v) is 11.1. The molecule has 5 heteroatoms. The summed E-state index contributed by atoms with van der Waals surface area (Å²) in [4.78, 5) is 20.3. The lowest BCUT2D eigenvalue weighted by atomic mass is 10.0. The predicted octanol–water partition coefficient (Wildman–Crippen LogP) is 5.59. The molecule has 0 unspecified atom stereocenters. The Kier molecular flexibility index (Phi) is 7.75. The van der Waals surface area contributed by atoms with Gasteiger partial charge in [-0.25, -0.2) is 9.37 Å². The number of carbonyl (C=O) groups is 1. The number of hydrogen-bond acceptors (Lipinski definition) is 3. The van der Waals surface area contributed by atoms with Gasteiger partial charge in [0, 0.05) is 17.0 Å². The maximum absolute atomic E-state index is 13.4. The topological polar surface area (TPSA) is 45.2 Å². The molecule has 1 atom stereocenters. The molecule has 0 saturated heterocycles. The highest BCUT2D eigenvalue weighted by molar-refractivity contribution is 6.07. The fraction of sp³-hybridized carbons (Fsp3) is 0.385. The highest BCUT2D eigenvalue weighted by atomic mass is 19.1. The van der Waals surface area contributed by atoms with E-state index in [2.05, 4.69) is 31.0 Å². The zero-order valence-electron chi connectivity index (χ0n) is 18.9. The first-order valence-electron chi connectivity index (χ1n) is 11.1. The van der Waals surface area contributed by atoms with Crippen molar-refractivity contribution in [1.82, 2.24) is 15.2 Å². The summed E-state index contributed by atoms with van der Waals surface area (Å²) in [5.41, 5.74) is 3.88. The van der Waals surface area contributed by atoms with E-state index in [9.17, 15) is 9.18 Å². The molecule has 0 radical (unpaired) electrons. The highest BCUT2D eigenvalue weighted by Gasteiger charge is 2.16. The Morgan fingerprint density at radius 1 is 1.10 bits per heavy atom. The Morgan fingerprint density at radius 3 is 2.48 bits per heavy atom. The molecule has 3 aromatic rings. The minimum absolute atomic E-state index is 0.0744. The van der Waals surface area contributed by atoms with Crippen molar-refractivity contribution in [3.8, 4) is 11.3 Å². The van der Waals surface area contributed by atoms with E-state index >= 15 is 0 Å². The molecule has 0 aliphatic heterocycles. The molecule has 0 bridgehead atoms. The van der Waals surface area contributed by atoms with Gasteiger partial charge in [-0.3, -0.25) is 4.79 Å². The normalized spacial score (nSPS) is 12.3. The number of halogens is 1. The Hall–Kier alpha value is -2.79. The third kappa shape index (κ3) is 5.88. The first-order chi connectivity index (χ1) is 14.9. The first kappa shape index (κ1) is 22.9. The summed E-state index contributed by atoms with van der Waals surface area (Å²) in [5, 5.41) is 3.99. The summed E-state index contributed by atoms with van der Waals surface area (Å²) in [6.45, 7) is 11.5. The van der Waals surface area contributed by atoms with Crippen molar-refractivity contribution in [2.45, 2.75) is 46.6 Å². The number of fused-ring (bicyclic) bond motifs is 1. The minimum Gasteiger partial charge on any atom is -0.350 e. The van der Waals surface area contributed by atoms with Gasteiger partial charge < -0.3 is 10.2 Å². The van der Waals surface area contributed by atoms with Gasteiger partial charge in [-0.05, 0) is 88.8 Å². The van der Waals surface area contributed by atoms with Crippen LogP contribution >= 0.6 is 0 Å². The van der Waals surface area contributed by atoms with Gasteiger partial charge in [0.05, 0.1) is 16.8 Å². The molecular weight excluding hydrogens is 389 g/mol. The standard InChI is InChI=1S/C26H32FN3O/c1-5-30(6-2)15-7-8-19(4)28-26(31)23-17-25(20-10-12-21(27)13-11-20)29-24-14-9-18(3)16-22(23)24/h9-14,16-17,19H,5-8,15H2,1-4H3,(H,28,31)/t19-/m0/s1. The third-order valence-electron chi connectivity index (χ3n) is 5.73. The van der Waals surface area contributed by atoms with E-state index in [0.717, 1.165) is 54.5 Å². The van der Waals surface area contributed by atoms with E-state index in [-0.39, 0.29) is 17.8 Å². The van der Waals surface area contributed by atoms with Crippen molar-refractivity contribution in [3.63, 3.8) is 0 Å². The van der Waals surface area contributed by atoms with Gasteiger partial charge in [-0.15, -0.1) is 0 Å². The number of pyridine rings is 1. The predicted molar refractivity (Wildman–Crippen MR) is 126 cm³/mol. The molecule has 0 aliphatic rings.